The first-order valence-electron chi connectivity index (χ1n) is 7.38. The third kappa shape index (κ3) is 4.34. The Labute approximate surface area is 167 Å². The second-order valence-corrected chi connectivity index (χ2v) is 5.16. The van der Waals surface area contributed by atoms with Crippen LogP contribution in [0.2, 0.25) is 0 Å². The number of Topliss-reactive ketones (excluding diaryl/α,β-unsaturated/α-hetero) is 1. The summed E-state index contributed by atoms with van der Waals surface area (Å²) in [6.45, 7) is 2.42. The van der Waals surface area contributed by atoms with Crippen LogP contribution >= 0.6 is 0 Å². The number of aromatic nitrogens is 1. The van der Waals surface area contributed by atoms with Crippen molar-refractivity contribution in [2.24, 2.45) is 0 Å². The van der Waals surface area contributed by atoms with Crippen molar-refractivity contribution in [3.63, 3.8) is 0 Å². The zero-order valence-corrected chi connectivity index (χ0v) is 15.8. The van der Waals surface area contributed by atoms with Crippen LogP contribution in [-0.2, 0) is 39.1 Å². The number of aromatic amines is 1. The molecule has 1 aromatic carbocycles. The average Bonchev–Trinajstić information content (AvgIpc) is 2.93. The summed E-state index contributed by atoms with van der Waals surface area (Å²) in [7, 11) is 0. The van der Waals surface area contributed by atoms with Gasteiger partial charge in [-0.15, -0.1) is 18.2 Å². The quantitative estimate of drug-likeness (QED) is 0.768. The summed E-state index contributed by atoms with van der Waals surface area (Å²) in [5.74, 6) is 0.318. The van der Waals surface area contributed by atoms with E-state index >= 15 is 0 Å². The predicted octanol–water partition coefficient (Wildman–Crippen LogP) is 3.62. The van der Waals surface area contributed by atoms with Crippen molar-refractivity contribution in [1.82, 2.24) is 4.98 Å². The Hall–Kier alpha value is -1.46. The van der Waals surface area contributed by atoms with Gasteiger partial charge in [0.1, 0.15) is 0 Å². The number of rotatable bonds is 4. The molecule has 0 bridgehead atoms. The minimum absolute atomic E-state index is 0. The Morgan fingerprint density at radius 1 is 1.42 bits per heavy atom. The fraction of sp³-hybridized carbons (Fsp3) is 0.333. The molecule has 5 nitrogen and oxygen atoms in total. The van der Waals surface area contributed by atoms with E-state index in [-0.39, 0.29) is 51.8 Å². The van der Waals surface area contributed by atoms with Crippen molar-refractivity contribution < 1.29 is 47.0 Å². The maximum Gasteiger partial charge on any atom is 0.256 e. The van der Waals surface area contributed by atoms with Crippen LogP contribution in [0.4, 0.5) is 5.69 Å². The molecule has 0 spiro atoms. The van der Waals surface area contributed by atoms with E-state index in [1.807, 2.05) is 6.92 Å². The molecule has 0 aliphatic heterocycles. The van der Waals surface area contributed by atoms with Gasteiger partial charge in [0.05, 0.1) is 17.7 Å². The van der Waals surface area contributed by atoms with Gasteiger partial charge in [-0.3, -0.25) is 9.59 Å². The van der Waals surface area contributed by atoms with E-state index in [2.05, 4.69) is 16.4 Å². The van der Waals surface area contributed by atoms with Crippen molar-refractivity contribution in [3.05, 3.63) is 47.3 Å². The van der Waals surface area contributed by atoms with Crippen LogP contribution in [0.15, 0.2) is 24.4 Å². The number of ether oxygens (including phenoxy) is 1. The topological polar surface area (TPSA) is 71.2 Å². The van der Waals surface area contributed by atoms with Gasteiger partial charge in [-0.1, -0.05) is 13.1 Å². The van der Waals surface area contributed by atoms with Gasteiger partial charge in [-0.05, 0) is 19.8 Å². The Morgan fingerprint density at radius 2 is 2.21 bits per heavy atom. The maximum absolute atomic E-state index is 12.4. The summed E-state index contributed by atoms with van der Waals surface area (Å²) in [5.41, 5.74) is 2.42. The number of H-pyrrole nitrogens is 1. The zero-order valence-electron chi connectivity index (χ0n) is 12.9. The number of hydrogen-bond acceptors (Lipinski definition) is 3. The van der Waals surface area contributed by atoms with E-state index < -0.39 is 0 Å². The maximum atomic E-state index is 12.4. The summed E-state index contributed by atoms with van der Waals surface area (Å²) in [6.07, 6.45) is 3.75. The molecule has 1 heterocycles. The molecule has 1 aliphatic carbocycles. The largest absolute Gasteiger partial charge is 0.520 e. The molecular formula is C18H21N2O3Y-. The molecular weight excluding hydrogens is 381 g/mol. The minimum Gasteiger partial charge on any atom is -0.520 e. The number of carbonyl (C=O) groups is 2. The van der Waals surface area contributed by atoms with Crippen molar-refractivity contribution >= 4 is 17.4 Å². The molecule has 24 heavy (non-hydrogen) atoms. The molecule has 1 radical (unpaired) electrons. The SMILES string of the molecule is C.CCOc1[c-]ccc(NC(=O)c2c[nH]c3c2C(=O)CCC3)c1.[Y]. The Morgan fingerprint density at radius 3 is 2.96 bits per heavy atom. The first-order chi connectivity index (χ1) is 10.7. The normalized spacial score (nSPS) is 12.5. The molecule has 0 atom stereocenters. The number of hydrogen-bond donors (Lipinski definition) is 2. The third-order valence-electron chi connectivity index (χ3n) is 3.65. The molecule has 125 valence electrons. The molecule has 1 aliphatic rings. The molecule has 0 saturated carbocycles. The standard InChI is InChI=1S/C17H17N2O3.CH4.Y/c1-2-22-12-6-3-5-11(9-12)19-17(21)13-10-18-14-7-4-8-15(20)16(13)14;;/h3,5,9-10,18H,2,4,7-8H2,1H3,(H,19,21);1H4;/q-1;;. The van der Waals surface area contributed by atoms with Gasteiger partial charge in [0.15, 0.2) is 5.78 Å². The van der Waals surface area contributed by atoms with E-state index in [4.69, 9.17) is 4.74 Å². The number of amides is 1. The van der Waals surface area contributed by atoms with Crippen LogP contribution in [0.1, 0.15) is 53.6 Å². The van der Waals surface area contributed by atoms with Crippen molar-refractivity contribution in [2.75, 3.05) is 11.9 Å². The molecule has 2 aromatic rings. The number of fused-ring (bicyclic) bond motifs is 1. The van der Waals surface area contributed by atoms with E-state index in [1.54, 1.807) is 24.4 Å². The average molecular weight is 402 g/mol. The first kappa shape index (κ1) is 20.6. The zero-order chi connectivity index (χ0) is 15.5. The Kier molecular flexibility index (Phi) is 7.84. The summed E-state index contributed by atoms with van der Waals surface area (Å²) in [4.78, 5) is 27.5. The molecule has 0 saturated heterocycles. The second kappa shape index (κ2) is 9.14. The van der Waals surface area contributed by atoms with Gasteiger partial charge in [0.2, 0.25) is 0 Å². The summed E-state index contributed by atoms with van der Waals surface area (Å²) in [6, 6.07) is 8.08. The van der Waals surface area contributed by atoms with Crippen LogP contribution in [0.3, 0.4) is 0 Å². The number of benzene rings is 1. The molecule has 3 rings (SSSR count). The van der Waals surface area contributed by atoms with Crippen LogP contribution < -0.4 is 10.1 Å². The predicted molar refractivity (Wildman–Crippen MR) is 89.2 cm³/mol. The number of ketones is 1. The number of aryl methyl sites for hydroxylation is 1. The van der Waals surface area contributed by atoms with E-state index in [1.165, 1.54) is 0 Å². The van der Waals surface area contributed by atoms with Crippen LogP contribution in [0.25, 0.3) is 0 Å². The van der Waals surface area contributed by atoms with Gasteiger partial charge in [0, 0.05) is 56.8 Å². The number of nitrogens with one attached hydrogen (secondary N) is 2. The molecule has 1 aromatic heterocycles. The van der Waals surface area contributed by atoms with Gasteiger partial charge in [-0.2, -0.15) is 6.07 Å². The van der Waals surface area contributed by atoms with Gasteiger partial charge >= 0.3 is 0 Å². The summed E-state index contributed by atoms with van der Waals surface area (Å²) < 4.78 is 5.36. The van der Waals surface area contributed by atoms with Crippen LogP contribution in [0.5, 0.6) is 5.75 Å². The first-order valence-corrected chi connectivity index (χ1v) is 7.38. The van der Waals surface area contributed by atoms with Crippen molar-refractivity contribution in [2.45, 2.75) is 33.6 Å². The fourth-order valence-corrected chi connectivity index (χ4v) is 2.67. The fourth-order valence-electron chi connectivity index (χ4n) is 2.67. The summed E-state index contributed by atoms with van der Waals surface area (Å²) >= 11 is 0. The Balaban J connectivity index is 0.00000144. The molecule has 6 heteroatoms. The van der Waals surface area contributed by atoms with E-state index in [0.29, 0.717) is 35.6 Å². The summed E-state index contributed by atoms with van der Waals surface area (Å²) in [5, 5.41) is 2.80. The molecule has 0 fully saturated rings. The van der Waals surface area contributed by atoms with Crippen molar-refractivity contribution in [1.29, 1.82) is 0 Å². The number of carbonyl (C=O) groups excluding carboxylic acids is 2. The monoisotopic (exact) mass is 402 g/mol. The van der Waals surface area contributed by atoms with Gasteiger partial charge in [-0.25, -0.2) is 0 Å². The third-order valence-corrected chi connectivity index (χ3v) is 3.65. The molecule has 1 amide bonds. The van der Waals surface area contributed by atoms with Gasteiger partial charge < -0.3 is 15.0 Å². The van der Waals surface area contributed by atoms with Crippen LogP contribution in [0, 0.1) is 6.07 Å². The Bertz CT molecular complexity index is 725. The molecule has 0 unspecified atom stereocenters. The number of anilines is 1. The second-order valence-electron chi connectivity index (χ2n) is 5.16. The van der Waals surface area contributed by atoms with E-state index in [9.17, 15) is 9.59 Å². The molecule has 2 N–H and O–H groups in total. The van der Waals surface area contributed by atoms with Gasteiger partial charge in [0.25, 0.3) is 5.91 Å². The van der Waals surface area contributed by atoms with Crippen LogP contribution in [-0.4, -0.2) is 23.3 Å². The smallest absolute Gasteiger partial charge is 0.256 e. The minimum atomic E-state index is -0.290. The van der Waals surface area contributed by atoms with Crippen molar-refractivity contribution in [3.8, 4) is 5.75 Å². The van der Waals surface area contributed by atoms with E-state index in [0.717, 1.165) is 18.5 Å².